The van der Waals surface area contributed by atoms with E-state index in [1.807, 2.05) is 12.1 Å². The Morgan fingerprint density at radius 1 is 1.30 bits per heavy atom. The quantitative estimate of drug-likeness (QED) is 0.893. The van der Waals surface area contributed by atoms with Gasteiger partial charge in [-0.05, 0) is 48.9 Å². The Hall–Kier alpha value is -1.06. The largest absolute Gasteiger partial charge is 0.330 e. The SMILES string of the molecule is CC(C)c1ccc(NC(=O)[C@@H]2CCC[C@@H]2CN)cc1.Cl. The summed E-state index contributed by atoms with van der Waals surface area (Å²) in [6, 6.07) is 8.13. The van der Waals surface area contributed by atoms with Crippen molar-refractivity contribution < 1.29 is 4.79 Å². The number of carbonyl (C=O) groups is 1. The van der Waals surface area contributed by atoms with Crippen LogP contribution in [0.4, 0.5) is 5.69 Å². The molecule has 2 rings (SSSR count). The van der Waals surface area contributed by atoms with Crippen LogP contribution in [0.2, 0.25) is 0 Å². The summed E-state index contributed by atoms with van der Waals surface area (Å²) in [5.74, 6) is 1.09. The average molecular weight is 297 g/mol. The van der Waals surface area contributed by atoms with Gasteiger partial charge in [0.1, 0.15) is 0 Å². The van der Waals surface area contributed by atoms with Gasteiger partial charge >= 0.3 is 0 Å². The maximum absolute atomic E-state index is 12.2. The first-order valence-corrected chi connectivity index (χ1v) is 7.22. The van der Waals surface area contributed by atoms with Crippen LogP contribution in [-0.4, -0.2) is 12.5 Å². The van der Waals surface area contributed by atoms with E-state index in [0.29, 0.717) is 18.4 Å². The maximum Gasteiger partial charge on any atom is 0.227 e. The van der Waals surface area contributed by atoms with Crippen LogP contribution in [0.3, 0.4) is 0 Å². The lowest BCUT2D eigenvalue weighted by Crippen LogP contribution is -2.29. The summed E-state index contributed by atoms with van der Waals surface area (Å²) >= 11 is 0. The lowest BCUT2D eigenvalue weighted by atomic mass is 9.95. The molecule has 0 aromatic heterocycles. The molecule has 0 spiro atoms. The number of nitrogens with one attached hydrogen (secondary N) is 1. The molecule has 3 N–H and O–H groups in total. The van der Waals surface area contributed by atoms with Crippen LogP contribution in [0.1, 0.15) is 44.6 Å². The highest BCUT2D eigenvalue weighted by atomic mass is 35.5. The number of hydrogen-bond acceptors (Lipinski definition) is 2. The number of halogens is 1. The van der Waals surface area contributed by atoms with Gasteiger partial charge in [-0.2, -0.15) is 0 Å². The molecule has 3 nitrogen and oxygen atoms in total. The van der Waals surface area contributed by atoms with Gasteiger partial charge in [0.2, 0.25) is 5.91 Å². The third-order valence-electron chi connectivity index (χ3n) is 4.14. The average Bonchev–Trinajstić information content (AvgIpc) is 2.87. The molecule has 1 saturated carbocycles. The first kappa shape index (κ1) is 17.0. The van der Waals surface area contributed by atoms with Crippen molar-refractivity contribution in [3.63, 3.8) is 0 Å². The molecule has 0 aliphatic heterocycles. The molecular weight excluding hydrogens is 272 g/mol. The highest BCUT2D eigenvalue weighted by molar-refractivity contribution is 5.92. The minimum absolute atomic E-state index is 0. The van der Waals surface area contributed by atoms with Crippen LogP contribution in [0.5, 0.6) is 0 Å². The number of amides is 1. The Morgan fingerprint density at radius 3 is 2.50 bits per heavy atom. The number of nitrogens with two attached hydrogens (primary N) is 1. The van der Waals surface area contributed by atoms with E-state index in [1.54, 1.807) is 0 Å². The molecule has 1 aromatic rings. The van der Waals surface area contributed by atoms with Crippen molar-refractivity contribution in [2.24, 2.45) is 17.6 Å². The topological polar surface area (TPSA) is 55.1 Å². The summed E-state index contributed by atoms with van der Waals surface area (Å²) in [6.45, 7) is 4.94. The van der Waals surface area contributed by atoms with E-state index in [-0.39, 0.29) is 24.2 Å². The molecule has 1 aromatic carbocycles. The zero-order valence-electron chi connectivity index (χ0n) is 12.3. The van der Waals surface area contributed by atoms with E-state index >= 15 is 0 Å². The van der Waals surface area contributed by atoms with Crippen molar-refractivity contribution in [1.82, 2.24) is 0 Å². The molecular formula is C16H25ClN2O. The van der Waals surface area contributed by atoms with Gasteiger partial charge in [-0.25, -0.2) is 0 Å². The van der Waals surface area contributed by atoms with Crippen molar-refractivity contribution in [3.8, 4) is 0 Å². The van der Waals surface area contributed by atoms with Crippen LogP contribution < -0.4 is 11.1 Å². The normalized spacial score (nSPS) is 21.6. The fraction of sp³-hybridized carbons (Fsp3) is 0.562. The number of benzene rings is 1. The molecule has 0 saturated heterocycles. The van der Waals surface area contributed by atoms with Crippen LogP contribution in [0.15, 0.2) is 24.3 Å². The second-order valence-electron chi connectivity index (χ2n) is 5.80. The smallest absolute Gasteiger partial charge is 0.227 e. The number of carbonyl (C=O) groups excluding carboxylic acids is 1. The lowest BCUT2D eigenvalue weighted by molar-refractivity contribution is -0.120. The molecule has 1 aliphatic rings. The van der Waals surface area contributed by atoms with Gasteiger partial charge in [-0.3, -0.25) is 4.79 Å². The Balaban J connectivity index is 0.00000200. The molecule has 1 aliphatic carbocycles. The van der Waals surface area contributed by atoms with E-state index in [9.17, 15) is 4.79 Å². The monoisotopic (exact) mass is 296 g/mol. The van der Waals surface area contributed by atoms with Gasteiger partial charge in [-0.15, -0.1) is 12.4 Å². The zero-order chi connectivity index (χ0) is 13.8. The molecule has 1 fully saturated rings. The summed E-state index contributed by atoms with van der Waals surface area (Å²) in [4.78, 5) is 12.2. The molecule has 4 heteroatoms. The van der Waals surface area contributed by atoms with Gasteiger partial charge in [0, 0.05) is 11.6 Å². The van der Waals surface area contributed by atoms with Crippen molar-refractivity contribution in [1.29, 1.82) is 0 Å². The van der Waals surface area contributed by atoms with Crippen molar-refractivity contribution in [2.45, 2.75) is 39.0 Å². The van der Waals surface area contributed by atoms with Crippen LogP contribution in [-0.2, 0) is 4.79 Å². The van der Waals surface area contributed by atoms with E-state index in [2.05, 4.69) is 31.3 Å². The van der Waals surface area contributed by atoms with Crippen molar-refractivity contribution in [3.05, 3.63) is 29.8 Å². The fourth-order valence-corrected chi connectivity index (χ4v) is 2.85. The second kappa shape index (κ2) is 7.65. The maximum atomic E-state index is 12.2. The minimum atomic E-state index is 0. The van der Waals surface area contributed by atoms with Crippen LogP contribution in [0.25, 0.3) is 0 Å². The summed E-state index contributed by atoms with van der Waals surface area (Å²) in [6.07, 6.45) is 3.17. The minimum Gasteiger partial charge on any atom is -0.330 e. The van der Waals surface area contributed by atoms with E-state index < -0.39 is 0 Å². The van der Waals surface area contributed by atoms with Gasteiger partial charge in [0.25, 0.3) is 0 Å². The van der Waals surface area contributed by atoms with E-state index in [0.717, 1.165) is 24.9 Å². The summed E-state index contributed by atoms with van der Waals surface area (Å²) < 4.78 is 0. The van der Waals surface area contributed by atoms with Gasteiger partial charge < -0.3 is 11.1 Å². The third kappa shape index (κ3) is 3.97. The predicted molar refractivity (Wildman–Crippen MR) is 86.3 cm³/mol. The Labute approximate surface area is 127 Å². The molecule has 0 bridgehead atoms. The predicted octanol–water partition coefficient (Wildman–Crippen LogP) is 3.55. The van der Waals surface area contributed by atoms with Gasteiger partial charge in [0.15, 0.2) is 0 Å². The van der Waals surface area contributed by atoms with E-state index in [1.165, 1.54) is 5.56 Å². The molecule has 2 atom stereocenters. The fourth-order valence-electron chi connectivity index (χ4n) is 2.85. The summed E-state index contributed by atoms with van der Waals surface area (Å²) in [5, 5.41) is 3.02. The molecule has 112 valence electrons. The highest BCUT2D eigenvalue weighted by Crippen LogP contribution is 2.31. The Morgan fingerprint density at radius 2 is 1.95 bits per heavy atom. The standard InChI is InChI=1S/C16H24N2O.ClH/c1-11(2)12-6-8-14(9-7-12)18-16(19)15-5-3-4-13(15)10-17;/h6-9,11,13,15H,3-5,10,17H2,1-2H3,(H,18,19);1H/t13-,15-;/m1./s1. The van der Waals surface area contributed by atoms with Crippen molar-refractivity contribution >= 4 is 24.0 Å². The Bertz CT molecular complexity index is 431. The number of anilines is 1. The molecule has 0 unspecified atom stereocenters. The summed E-state index contributed by atoms with van der Waals surface area (Å²) in [7, 11) is 0. The van der Waals surface area contributed by atoms with E-state index in [4.69, 9.17) is 5.73 Å². The lowest BCUT2D eigenvalue weighted by Gasteiger charge is -2.17. The van der Waals surface area contributed by atoms with Crippen LogP contribution in [0, 0.1) is 11.8 Å². The highest BCUT2D eigenvalue weighted by Gasteiger charge is 2.31. The first-order valence-electron chi connectivity index (χ1n) is 7.22. The van der Waals surface area contributed by atoms with Crippen molar-refractivity contribution in [2.75, 3.05) is 11.9 Å². The van der Waals surface area contributed by atoms with Crippen LogP contribution >= 0.6 is 12.4 Å². The molecule has 20 heavy (non-hydrogen) atoms. The molecule has 1 amide bonds. The van der Waals surface area contributed by atoms with Gasteiger partial charge in [0.05, 0.1) is 0 Å². The number of hydrogen-bond donors (Lipinski definition) is 2. The zero-order valence-corrected chi connectivity index (χ0v) is 13.1. The first-order chi connectivity index (χ1) is 9.11. The third-order valence-corrected chi connectivity index (χ3v) is 4.14. The number of rotatable bonds is 4. The molecule has 0 heterocycles. The Kier molecular flexibility index (Phi) is 6.50. The summed E-state index contributed by atoms with van der Waals surface area (Å²) in [5.41, 5.74) is 7.91. The molecule has 0 radical (unpaired) electrons. The second-order valence-corrected chi connectivity index (χ2v) is 5.80. The van der Waals surface area contributed by atoms with Gasteiger partial charge in [-0.1, -0.05) is 32.4 Å².